The van der Waals surface area contributed by atoms with E-state index in [1.807, 2.05) is 11.8 Å². The fraction of sp³-hybridized carbons (Fsp3) is 0.917. The van der Waals surface area contributed by atoms with Crippen LogP contribution in [0.2, 0.25) is 0 Å². The summed E-state index contributed by atoms with van der Waals surface area (Å²) in [5.74, 6) is 0. The molecule has 2 aliphatic rings. The van der Waals surface area contributed by atoms with Crippen LogP contribution in [-0.2, 0) is 0 Å². The Balaban J connectivity index is 1.89. The molecule has 2 rings (SSSR count). The maximum absolute atomic E-state index is 11.7. The molecule has 1 heterocycles. The largest absolute Gasteiger partial charge is 0.338 e. The average Bonchev–Trinajstić information content (AvgIpc) is 2.62. The van der Waals surface area contributed by atoms with E-state index in [1.54, 1.807) is 0 Å². The second-order valence-electron chi connectivity index (χ2n) is 5.18. The molecule has 1 unspecified atom stereocenters. The fourth-order valence-electron chi connectivity index (χ4n) is 3.20. The Labute approximate surface area is 97.6 Å². The van der Waals surface area contributed by atoms with Crippen molar-refractivity contribution < 1.29 is 4.79 Å². The van der Waals surface area contributed by atoms with Crippen LogP contribution in [0.4, 0.5) is 4.79 Å². The minimum Gasteiger partial charge on any atom is -0.338 e. The molecule has 2 fully saturated rings. The van der Waals surface area contributed by atoms with Gasteiger partial charge in [-0.3, -0.25) is 0 Å². The lowest BCUT2D eigenvalue weighted by Gasteiger charge is -2.42. The fourth-order valence-corrected chi connectivity index (χ4v) is 3.20. The normalized spacial score (nSPS) is 28.4. The number of nitrogens with one attached hydrogen (secondary N) is 1. The molecule has 1 saturated heterocycles. The highest BCUT2D eigenvalue weighted by molar-refractivity contribution is 5.74. The Bertz CT molecular complexity index is 259. The van der Waals surface area contributed by atoms with Crippen molar-refractivity contribution in [3.63, 3.8) is 0 Å². The van der Waals surface area contributed by atoms with Gasteiger partial charge in [-0.05, 0) is 38.0 Å². The lowest BCUT2D eigenvalue weighted by molar-refractivity contribution is 0.108. The summed E-state index contributed by atoms with van der Waals surface area (Å²) in [6.45, 7) is 4.41. The van der Waals surface area contributed by atoms with Crippen molar-refractivity contribution in [2.45, 2.75) is 45.1 Å². The van der Waals surface area contributed by atoms with E-state index < -0.39 is 0 Å². The first-order chi connectivity index (χ1) is 7.68. The number of carbonyl (C=O) groups is 1. The molecule has 4 heteroatoms. The molecule has 0 aromatic heterocycles. The van der Waals surface area contributed by atoms with Gasteiger partial charge >= 0.3 is 6.03 Å². The quantitative estimate of drug-likeness (QED) is 0.707. The van der Waals surface area contributed by atoms with Crippen LogP contribution in [0.25, 0.3) is 0 Å². The van der Waals surface area contributed by atoms with Crippen molar-refractivity contribution in [1.82, 2.24) is 10.2 Å². The molecule has 4 nitrogen and oxygen atoms in total. The Morgan fingerprint density at radius 3 is 2.62 bits per heavy atom. The number of urea groups is 1. The third-order valence-corrected chi connectivity index (χ3v) is 4.35. The molecule has 1 aliphatic carbocycles. The van der Waals surface area contributed by atoms with Crippen molar-refractivity contribution in [3.05, 3.63) is 0 Å². The van der Waals surface area contributed by atoms with Crippen LogP contribution < -0.4 is 11.1 Å². The molecule has 92 valence electrons. The number of likely N-dealkylation sites (tertiary alicyclic amines) is 1. The van der Waals surface area contributed by atoms with Crippen LogP contribution in [0.3, 0.4) is 0 Å². The van der Waals surface area contributed by atoms with Crippen LogP contribution >= 0.6 is 0 Å². The maximum Gasteiger partial charge on any atom is 0.317 e. The summed E-state index contributed by atoms with van der Waals surface area (Å²) in [5.41, 5.74) is 6.56. The van der Waals surface area contributed by atoms with Gasteiger partial charge in [-0.25, -0.2) is 4.79 Å². The van der Waals surface area contributed by atoms with E-state index in [0.717, 1.165) is 25.9 Å². The van der Waals surface area contributed by atoms with Crippen molar-refractivity contribution in [1.29, 1.82) is 0 Å². The maximum atomic E-state index is 11.7. The monoisotopic (exact) mass is 225 g/mol. The first kappa shape index (κ1) is 11.7. The second-order valence-corrected chi connectivity index (χ2v) is 5.18. The molecule has 1 spiro atoms. The van der Waals surface area contributed by atoms with Crippen molar-refractivity contribution >= 4 is 6.03 Å². The van der Waals surface area contributed by atoms with Gasteiger partial charge < -0.3 is 16.0 Å². The van der Waals surface area contributed by atoms with Crippen LogP contribution in [0.5, 0.6) is 0 Å². The molecule has 1 atom stereocenters. The van der Waals surface area contributed by atoms with Crippen LogP contribution in [-0.4, -0.2) is 36.6 Å². The van der Waals surface area contributed by atoms with E-state index in [2.05, 4.69) is 5.32 Å². The zero-order valence-corrected chi connectivity index (χ0v) is 10.2. The Kier molecular flexibility index (Phi) is 3.38. The van der Waals surface area contributed by atoms with Gasteiger partial charge in [0, 0.05) is 25.7 Å². The zero-order valence-electron chi connectivity index (χ0n) is 10.2. The number of carbonyl (C=O) groups excluding carboxylic acids is 1. The van der Waals surface area contributed by atoms with Gasteiger partial charge in [0.05, 0.1) is 0 Å². The van der Waals surface area contributed by atoms with Gasteiger partial charge in [-0.15, -0.1) is 0 Å². The average molecular weight is 225 g/mol. The molecule has 0 aromatic rings. The van der Waals surface area contributed by atoms with Gasteiger partial charge in [0.25, 0.3) is 0 Å². The van der Waals surface area contributed by atoms with E-state index in [-0.39, 0.29) is 6.03 Å². The molecule has 0 bridgehead atoms. The van der Waals surface area contributed by atoms with Gasteiger partial charge in [-0.2, -0.15) is 0 Å². The van der Waals surface area contributed by atoms with Gasteiger partial charge in [0.15, 0.2) is 0 Å². The molecular weight excluding hydrogens is 202 g/mol. The first-order valence-electron chi connectivity index (χ1n) is 6.46. The third-order valence-electron chi connectivity index (χ3n) is 4.35. The smallest absolute Gasteiger partial charge is 0.317 e. The molecule has 1 saturated carbocycles. The number of amides is 2. The van der Waals surface area contributed by atoms with Crippen molar-refractivity contribution in [2.24, 2.45) is 11.1 Å². The molecule has 16 heavy (non-hydrogen) atoms. The van der Waals surface area contributed by atoms with Gasteiger partial charge in [0.1, 0.15) is 0 Å². The predicted molar refractivity (Wildman–Crippen MR) is 64.1 cm³/mol. The minimum absolute atomic E-state index is 0.0870. The Hall–Kier alpha value is -0.770. The molecule has 0 aromatic carbocycles. The lowest BCUT2D eigenvalue weighted by atomic mass is 9.74. The Morgan fingerprint density at radius 1 is 1.44 bits per heavy atom. The van der Waals surface area contributed by atoms with Crippen molar-refractivity contribution in [2.75, 3.05) is 19.6 Å². The zero-order chi connectivity index (χ0) is 11.6. The second kappa shape index (κ2) is 4.62. The number of nitrogens with two attached hydrogens (primary N) is 1. The Morgan fingerprint density at radius 2 is 2.12 bits per heavy atom. The molecule has 2 amide bonds. The van der Waals surface area contributed by atoms with Crippen molar-refractivity contribution in [3.8, 4) is 0 Å². The summed E-state index contributed by atoms with van der Waals surface area (Å²) >= 11 is 0. The third kappa shape index (κ3) is 2.03. The van der Waals surface area contributed by atoms with E-state index in [0.29, 0.717) is 18.0 Å². The standard InChI is InChI=1S/C12H23N3O/c1-2-14-11(16)15-8-6-12(7-9-15)5-3-4-10(12)13/h10H,2-9,13H2,1H3,(H,14,16). The number of nitrogens with zero attached hydrogens (tertiary/aromatic N) is 1. The van der Waals surface area contributed by atoms with Crippen LogP contribution in [0.15, 0.2) is 0 Å². The number of hydrogen-bond acceptors (Lipinski definition) is 2. The summed E-state index contributed by atoms with van der Waals surface area (Å²) in [6, 6.07) is 0.452. The van der Waals surface area contributed by atoms with E-state index >= 15 is 0 Å². The lowest BCUT2D eigenvalue weighted by Crippen LogP contribution is -2.50. The molecule has 3 N–H and O–H groups in total. The SMILES string of the molecule is CCNC(=O)N1CCC2(CCCC2N)CC1. The van der Waals surface area contributed by atoms with Crippen LogP contribution in [0, 0.1) is 5.41 Å². The number of piperidine rings is 1. The topological polar surface area (TPSA) is 58.4 Å². The van der Waals surface area contributed by atoms with Gasteiger partial charge in [-0.1, -0.05) is 6.42 Å². The highest BCUT2D eigenvalue weighted by Crippen LogP contribution is 2.45. The van der Waals surface area contributed by atoms with Gasteiger partial charge in [0.2, 0.25) is 0 Å². The minimum atomic E-state index is 0.0870. The predicted octanol–water partition coefficient (Wildman–Crippen LogP) is 1.31. The molecule has 1 aliphatic heterocycles. The van der Waals surface area contributed by atoms with Crippen LogP contribution in [0.1, 0.15) is 39.0 Å². The molecule has 0 radical (unpaired) electrons. The highest BCUT2D eigenvalue weighted by Gasteiger charge is 2.43. The van der Waals surface area contributed by atoms with E-state index in [9.17, 15) is 4.79 Å². The summed E-state index contributed by atoms with van der Waals surface area (Å²) in [6.07, 6.45) is 5.87. The number of rotatable bonds is 1. The number of hydrogen-bond donors (Lipinski definition) is 2. The summed E-state index contributed by atoms with van der Waals surface area (Å²) in [5, 5.41) is 2.86. The van der Waals surface area contributed by atoms with E-state index in [4.69, 9.17) is 5.73 Å². The summed E-state index contributed by atoms with van der Waals surface area (Å²) < 4.78 is 0. The van der Waals surface area contributed by atoms with E-state index in [1.165, 1.54) is 19.3 Å². The molecular formula is C12H23N3O. The summed E-state index contributed by atoms with van der Waals surface area (Å²) in [7, 11) is 0. The first-order valence-corrected chi connectivity index (χ1v) is 6.46. The highest BCUT2D eigenvalue weighted by atomic mass is 16.2. The summed E-state index contributed by atoms with van der Waals surface area (Å²) in [4.78, 5) is 13.6.